The zero-order valence-electron chi connectivity index (χ0n) is 10.6. The first-order valence-corrected chi connectivity index (χ1v) is 5.69. The van der Waals surface area contributed by atoms with E-state index in [2.05, 4.69) is 37.5 Å². The van der Waals surface area contributed by atoms with Crippen molar-refractivity contribution < 1.29 is 4.74 Å². The van der Waals surface area contributed by atoms with Crippen LogP contribution >= 0.6 is 0 Å². The van der Waals surface area contributed by atoms with Crippen LogP contribution in [0.4, 0.5) is 0 Å². The summed E-state index contributed by atoms with van der Waals surface area (Å²) >= 11 is 0. The van der Waals surface area contributed by atoms with Gasteiger partial charge in [-0.05, 0) is 38.8 Å². The molecule has 1 atom stereocenters. The van der Waals surface area contributed by atoms with Crippen molar-refractivity contribution in [3.05, 3.63) is 34.9 Å². The molecule has 0 heterocycles. The van der Waals surface area contributed by atoms with Crippen molar-refractivity contribution in [3.63, 3.8) is 0 Å². The van der Waals surface area contributed by atoms with Gasteiger partial charge in [-0.3, -0.25) is 11.3 Å². The molecule has 3 heteroatoms. The van der Waals surface area contributed by atoms with Crippen molar-refractivity contribution in [2.24, 2.45) is 5.84 Å². The molecule has 1 unspecified atom stereocenters. The molecule has 0 aliphatic rings. The van der Waals surface area contributed by atoms with Gasteiger partial charge in [0.05, 0.1) is 18.8 Å². The SMILES string of the molecule is Cc1ccc(C)c(C(COC(C)C)NN)c1. The summed E-state index contributed by atoms with van der Waals surface area (Å²) in [6.45, 7) is 8.82. The van der Waals surface area contributed by atoms with Crippen LogP contribution in [0.15, 0.2) is 18.2 Å². The monoisotopic (exact) mass is 222 g/mol. The van der Waals surface area contributed by atoms with Crippen molar-refractivity contribution in [3.8, 4) is 0 Å². The number of benzene rings is 1. The number of aryl methyl sites for hydroxylation is 2. The second-order valence-electron chi connectivity index (χ2n) is 4.46. The number of hydrogen-bond acceptors (Lipinski definition) is 3. The number of hydrazine groups is 1. The molecule has 0 spiro atoms. The highest BCUT2D eigenvalue weighted by molar-refractivity contribution is 5.33. The molecule has 0 radical (unpaired) electrons. The van der Waals surface area contributed by atoms with E-state index in [1.807, 2.05) is 13.8 Å². The Labute approximate surface area is 98.0 Å². The molecule has 90 valence electrons. The van der Waals surface area contributed by atoms with Crippen LogP contribution in [0.5, 0.6) is 0 Å². The molecule has 0 saturated carbocycles. The standard InChI is InChI=1S/C13H22N2O/c1-9(2)16-8-13(15-14)12-7-10(3)5-6-11(12)4/h5-7,9,13,15H,8,14H2,1-4H3. The van der Waals surface area contributed by atoms with Gasteiger partial charge >= 0.3 is 0 Å². The molecule has 1 aromatic rings. The molecule has 0 bridgehead atoms. The summed E-state index contributed by atoms with van der Waals surface area (Å²) in [5, 5.41) is 0. The van der Waals surface area contributed by atoms with Crippen LogP contribution < -0.4 is 11.3 Å². The fraction of sp³-hybridized carbons (Fsp3) is 0.538. The Morgan fingerprint density at radius 1 is 1.31 bits per heavy atom. The molecule has 0 aromatic heterocycles. The maximum atomic E-state index is 5.60. The van der Waals surface area contributed by atoms with Crippen molar-refractivity contribution in [2.75, 3.05) is 6.61 Å². The van der Waals surface area contributed by atoms with Crippen LogP contribution in [0.2, 0.25) is 0 Å². The minimum atomic E-state index is 0.0577. The maximum absolute atomic E-state index is 5.60. The van der Waals surface area contributed by atoms with E-state index in [1.54, 1.807) is 0 Å². The van der Waals surface area contributed by atoms with Crippen molar-refractivity contribution in [1.82, 2.24) is 5.43 Å². The average molecular weight is 222 g/mol. The number of rotatable bonds is 5. The lowest BCUT2D eigenvalue weighted by Gasteiger charge is -2.20. The minimum absolute atomic E-state index is 0.0577. The maximum Gasteiger partial charge on any atom is 0.0696 e. The largest absolute Gasteiger partial charge is 0.377 e. The molecule has 1 rings (SSSR count). The van der Waals surface area contributed by atoms with E-state index in [-0.39, 0.29) is 12.1 Å². The summed E-state index contributed by atoms with van der Waals surface area (Å²) in [5.74, 6) is 5.58. The molecular formula is C13H22N2O. The Balaban J connectivity index is 2.81. The van der Waals surface area contributed by atoms with Gasteiger partial charge in [0.25, 0.3) is 0 Å². The van der Waals surface area contributed by atoms with Crippen LogP contribution in [0, 0.1) is 13.8 Å². The lowest BCUT2D eigenvalue weighted by molar-refractivity contribution is 0.0610. The lowest BCUT2D eigenvalue weighted by Crippen LogP contribution is -2.32. The summed E-state index contributed by atoms with van der Waals surface area (Å²) in [7, 11) is 0. The van der Waals surface area contributed by atoms with Crippen LogP contribution in [0.3, 0.4) is 0 Å². The quantitative estimate of drug-likeness (QED) is 0.593. The highest BCUT2D eigenvalue weighted by atomic mass is 16.5. The predicted molar refractivity (Wildman–Crippen MR) is 67.1 cm³/mol. The summed E-state index contributed by atoms with van der Waals surface area (Å²) < 4.78 is 5.60. The third-order valence-electron chi connectivity index (χ3n) is 2.61. The summed E-state index contributed by atoms with van der Waals surface area (Å²) in [6, 6.07) is 6.44. The Hall–Kier alpha value is -0.900. The lowest BCUT2D eigenvalue weighted by atomic mass is 10.00. The van der Waals surface area contributed by atoms with E-state index < -0.39 is 0 Å². The van der Waals surface area contributed by atoms with Crippen LogP contribution in [-0.2, 0) is 4.74 Å². The second-order valence-corrected chi connectivity index (χ2v) is 4.46. The zero-order chi connectivity index (χ0) is 12.1. The fourth-order valence-electron chi connectivity index (χ4n) is 1.65. The number of nitrogens with one attached hydrogen (secondary N) is 1. The first-order valence-electron chi connectivity index (χ1n) is 5.69. The van der Waals surface area contributed by atoms with Gasteiger partial charge in [0.15, 0.2) is 0 Å². The summed E-state index contributed by atoms with van der Waals surface area (Å²) in [6.07, 6.45) is 0.223. The molecule has 0 fully saturated rings. The smallest absolute Gasteiger partial charge is 0.0696 e. The first-order chi connectivity index (χ1) is 7.54. The molecular weight excluding hydrogens is 200 g/mol. The van der Waals surface area contributed by atoms with E-state index in [0.717, 1.165) is 0 Å². The van der Waals surface area contributed by atoms with Gasteiger partial charge in [0.1, 0.15) is 0 Å². The second kappa shape index (κ2) is 5.99. The van der Waals surface area contributed by atoms with Gasteiger partial charge < -0.3 is 4.74 Å². The van der Waals surface area contributed by atoms with Gasteiger partial charge in [-0.2, -0.15) is 0 Å². The van der Waals surface area contributed by atoms with Crippen molar-refractivity contribution >= 4 is 0 Å². The summed E-state index contributed by atoms with van der Waals surface area (Å²) in [5.41, 5.74) is 6.51. The zero-order valence-corrected chi connectivity index (χ0v) is 10.6. The Kier molecular flexibility index (Phi) is 4.93. The normalized spacial score (nSPS) is 13.1. The number of nitrogens with two attached hydrogens (primary N) is 1. The molecule has 0 aliphatic heterocycles. The highest BCUT2D eigenvalue weighted by Crippen LogP contribution is 2.19. The average Bonchev–Trinajstić information content (AvgIpc) is 2.23. The molecule has 0 saturated heterocycles. The third-order valence-corrected chi connectivity index (χ3v) is 2.61. The van der Waals surface area contributed by atoms with Crippen LogP contribution in [0.25, 0.3) is 0 Å². The van der Waals surface area contributed by atoms with Gasteiger partial charge in [0, 0.05) is 0 Å². The van der Waals surface area contributed by atoms with E-state index in [1.165, 1.54) is 16.7 Å². The Bertz CT molecular complexity index is 337. The van der Waals surface area contributed by atoms with E-state index in [4.69, 9.17) is 10.6 Å². The van der Waals surface area contributed by atoms with Gasteiger partial charge in [-0.1, -0.05) is 23.8 Å². The van der Waals surface area contributed by atoms with Crippen LogP contribution in [0.1, 0.15) is 36.6 Å². The molecule has 0 amide bonds. The molecule has 16 heavy (non-hydrogen) atoms. The highest BCUT2D eigenvalue weighted by Gasteiger charge is 2.13. The van der Waals surface area contributed by atoms with E-state index in [9.17, 15) is 0 Å². The fourth-order valence-corrected chi connectivity index (χ4v) is 1.65. The number of hydrogen-bond donors (Lipinski definition) is 2. The van der Waals surface area contributed by atoms with Crippen molar-refractivity contribution in [2.45, 2.75) is 39.8 Å². The molecule has 3 N–H and O–H groups in total. The van der Waals surface area contributed by atoms with Gasteiger partial charge in [-0.15, -0.1) is 0 Å². The minimum Gasteiger partial charge on any atom is -0.377 e. The van der Waals surface area contributed by atoms with E-state index >= 15 is 0 Å². The topological polar surface area (TPSA) is 47.3 Å². The molecule has 1 aromatic carbocycles. The van der Waals surface area contributed by atoms with E-state index in [0.29, 0.717) is 6.61 Å². The Morgan fingerprint density at radius 2 is 2.00 bits per heavy atom. The van der Waals surface area contributed by atoms with Crippen molar-refractivity contribution in [1.29, 1.82) is 0 Å². The first kappa shape index (κ1) is 13.2. The van der Waals surface area contributed by atoms with Crippen LogP contribution in [-0.4, -0.2) is 12.7 Å². The molecule has 3 nitrogen and oxygen atoms in total. The predicted octanol–water partition coefficient (Wildman–Crippen LogP) is 2.23. The third kappa shape index (κ3) is 3.59. The van der Waals surface area contributed by atoms with Gasteiger partial charge in [0.2, 0.25) is 0 Å². The number of ether oxygens (including phenoxy) is 1. The molecule has 0 aliphatic carbocycles. The summed E-state index contributed by atoms with van der Waals surface area (Å²) in [4.78, 5) is 0. The van der Waals surface area contributed by atoms with Gasteiger partial charge in [-0.25, -0.2) is 0 Å². The Morgan fingerprint density at radius 3 is 2.56 bits per heavy atom.